The van der Waals surface area contributed by atoms with Crippen LogP contribution in [0.1, 0.15) is 6.42 Å². The number of cyclic esters (lactones) is 2. The number of carbonyl (C=O) groups excluding carboxylic acids is 2. The molecule has 0 spiro atoms. The van der Waals surface area contributed by atoms with Crippen LogP contribution in [0.25, 0.3) is 0 Å². The summed E-state index contributed by atoms with van der Waals surface area (Å²) < 4.78 is 36.0. The summed E-state index contributed by atoms with van der Waals surface area (Å²) >= 11 is 0. The van der Waals surface area contributed by atoms with Crippen LogP contribution in [-0.2, 0) is 28.9 Å². The molecule has 0 aromatic carbocycles. The molecule has 0 radical (unpaired) electrons. The van der Waals surface area contributed by atoms with Gasteiger partial charge in [0.05, 0.1) is 6.42 Å². The van der Waals surface area contributed by atoms with Gasteiger partial charge in [-0.3, -0.25) is 9.35 Å². The van der Waals surface area contributed by atoms with Gasteiger partial charge in [0.25, 0.3) is 0 Å². The number of rotatable bonds is 2. The second-order valence-corrected chi connectivity index (χ2v) is 3.06. The number of ether oxygens (including phenoxy) is 1. The van der Waals surface area contributed by atoms with Crippen LogP contribution in [0.15, 0.2) is 0 Å². The summed E-state index contributed by atoms with van der Waals surface area (Å²) in [6.07, 6.45) is -2.05. The van der Waals surface area contributed by atoms with Crippen LogP contribution >= 0.6 is 0 Å². The van der Waals surface area contributed by atoms with E-state index < -0.39 is 34.9 Å². The summed E-state index contributed by atoms with van der Waals surface area (Å²) in [5, 5.41) is 0. The topological polar surface area (TPSA) is 107 Å². The monoisotopic (exact) mass is 196 g/mol. The number of esters is 2. The van der Waals surface area contributed by atoms with Gasteiger partial charge in [-0.2, -0.15) is 8.42 Å². The molecule has 0 amide bonds. The van der Waals surface area contributed by atoms with E-state index in [9.17, 15) is 18.0 Å². The number of carbonyl (C=O) groups is 2. The zero-order valence-electron chi connectivity index (χ0n) is 5.59. The van der Waals surface area contributed by atoms with Crippen molar-refractivity contribution in [2.75, 3.05) is 0 Å². The highest BCUT2D eigenvalue weighted by Crippen LogP contribution is 2.13. The van der Waals surface area contributed by atoms with E-state index in [-0.39, 0.29) is 0 Å². The second kappa shape index (κ2) is 2.81. The highest BCUT2D eigenvalue weighted by Gasteiger charge is 2.37. The van der Waals surface area contributed by atoms with Gasteiger partial charge in [-0.05, 0) is 0 Å². The van der Waals surface area contributed by atoms with E-state index in [1.165, 1.54) is 0 Å². The van der Waals surface area contributed by atoms with Crippen molar-refractivity contribution >= 4 is 22.3 Å². The summed E-state index contributed by atoms with van der Waals surface area (Å²) in [6.45, 7) is 0. The highest BCUT2D eigenvalue weighted by molar-refractivity contribution is 7.80. The van der Waals surface area contributed by atoms with Crippen molar-refractivity contribution in [1.82, 2.24) is 0 Å². The molecule has 1 rings (SSSR count). The largest absolute Gasteiger partial charge is 0.398 e. The third-order valence-corrected chi connectivity index (χ3v) is 1.54. The van der Waals surface area contributed by atoms with Gasteiger partial charge in [0.15, 0.2) is 6.10 Å². The number of hydrogen-bond donors (Lipinski definition) is 1. The van der Waals surface area contributed by atoms with Crippen molar-refractivity contribution in [2.45, 2.75) is 12.5 Å². The van der Waals surface area contributed by atoms with Gasteiger partial charge in [0.2, 0.25) is 0 Å². The smallest absolute Gasteiger partial charge is 0.391 e. The van der Waals surface area contributed by atoms with Crippen molar-refractivity contribution in [3.05, 3.63) is 0 Å². The number of hydrogen-bond acceptors (Lipinski definition) is 6. The molecule has 8 heteroatoms. The molecule has 12 heavy (non-hydrogen) atoms. The summed E-state index contributed by atoms with van der Waals surface area (Å²) in [6, 6.07) is 0. The zero-order chi connectivity index (χ0) is 9.35. The lowest BCUT2D eigenvalue weighted by Gasteiger charge is -2.00. The molecule has 1 N–H and O–H groups in total. The van der Waals surface area contributed by atoms with E-state index in [0.717, 1.165) is 0 Å². The van der Waals surface area contributed by atoms with Crippen molar-refractivity contribution in [3.63, 3.8) is 0 Å². The average molecular weight is 196 g/mol. The van der Waals surface area contributed by atoms with Gasteiger partial charge in [-0.15, -0.1) is 0 Å². The molecule has 0 aliphatic carbocycles. The van der Waals surface area contributed by atoms with Gasteiger partial charge < -0.3 is 4.74 Å². The first-order chi connectivity index (χ1) is 5.38. The van der Waals surface area contributed by atoms with Gasteiger partial charge in [0.1, 0.15) is 0 Å². The van der Waals surface area contributed by atoms with Gasteiger partial charge in [0, 0.05) is 0 Å². The normalized spacial score (nSPS) is 24.2. The van der Waals surface area contributed by atoms with E-state index in [1.54, 1.807) is 0 Å². The highest BCUT2D eigenvalue weighted by atomic mass is 32.3. The van der Waals surface area contributed by atoms with Crippen LogP contribution < -0.4 is 0 Å². The lowest BCUT2D eigenvalue weighted by molar-refractivity contribution is -0.154. The lowest BCUT2D eigenvalue weighted by atomic mass is 10.3. The molecule has 1 aliphatic heterocycles. The summed E-state index contributed by atoms with van der Waals surface area (Å²) in [5.41, 5.74) is 0. The van der Waals surface area contributed by atoms with Gasteiger partial charge in [-0.1, -0.05) is 0 Å². The predicted octanol–water partition coefficient (Wildman–Crippen LogP) is -1.35. The van der Waals surface area contributed by atoms with E-state index in [4.69, 9.17) is 4.55 Å². The molecular weight excluding hydrogens is 192 g/mol. The molecular formula is C4H4O7S. The van der Waals surface area contributed by atoms with E-state index in [0.29, 0.717) is 0 Å². The Hall–Kier alpha value is -0.990. The van der Waals surface area contributed by atoms with E-state index in [1.807, 2.05) is 0 Å². The first-order valence-electron chi connectivity index (χ1n) is 2.79. The minimum Gasteiger partial charge on any atom is -0.391 e. The van der Waals surface area contributed by atoms with Crippen LogP contribution in [0.2, 0.25) is 0 Å². The standard InChI is InChI=1S/C4H4O7S/c5-3-1-2(4(6)10-3)11-12(7,8)9/h2H,1H2,(H,7,8,9). The molecule has 1 fully saturated rings. The van der Waals surface area contributed by atoms with Crippen LogP contribution in [0, 0.1) is 0 Å². The quantitative estimate of drug-likeness (QED) is 0.330. The third-order valence-electron chi connectivity index (χ3n) is 1.07. The molecule has 1 saturated heterocycles. The Kier molecular flexibility index (Phi) is 2.13. The van der Waals surface area contributed by atoms with Crippen LogP contribution in [0.3, 0.4) is 0 Å². The first kappa shape index (κ1) is 9.10. The third kappa shape index (κ3) is 2.26. The van der Waals surface area contributed by atoms with E-state index in [2.05, 4.69) is 8.92 Å². The fourth-order valence-corrected chi connectivity index (χ4v) is 1.11. The lowest BCUT2D eigenvalue weighted by Crippen LogP contribution is -2.22. The Labute approximate surface area is 67.2 Å². The summed E-state index contributed by atoms with van der Waals surface area (Å²) in [4.78, 5) is 20.9. The van der Waals surface area contributed by atoms with Crippen molar-refractivity contribution < 1.29 is 31.5 Å². The van der Waals surface area contributed by atoms with Crippen LogP contribution in [-0.4, -0.2) is 31.0 Å². The fourth-order valence-electron chi connectivity index (χ4n) is 0.674. The SMILES string of the molecule is O=C1CC(OS(=O)(=O)O)C(=O)O1. The molecule has 1 heterocycles. The van der Waals surface area contributed by atoms with Crippen molar-refractivity contribution in [2.24, 2.45) is 0 Å². The summed E-state index contributed by atoms with van der Waals surface area (Å²) in [5.74, 6) is -1.99. The molecule has 7 nitrogen and oxygen atoms in total. The van der Waals surface area contributed by atoms with Crippen molar-refractivity contribution in [3.8, 4) is 0 Å². The van der Waals surface area contributed by atoms with Crippen molar-refractivity contribution in [1.29, 1.82) is 0 Å². The Balaban J connectivity index is 2.67. The second-order valence-electron chi connectivity index (χ2n) is 2.01. The average Bonchev–Trinajstić information content (AvgIpc) is 2.06. The maximum absolute atomic E-state index is 10.5. The van der Waals surface area contributed by atoms with Gasteiger partial charge in [-0.25, -0.2) is 8.98 Å². The minimum atomic E-state index is -4.72. The molecule has 0 aromatic heterocycles. The predicted molar refractivity (Wildman–Crippen MR) is 32.1 cm³/mol. The Bertz CT molecular complexity index is 314. The van der Waals surface area contributed by atoms with Crippen LogP contribution in [0.4, 0.5) is 0 Å². The molecule has 1 unspecified atom stereocenters. The molecule has 1 atom stereocenters. The maximum atomic E-state index is 10.5. The Morgan fingerprint density at radius 1 is 1.50 bits per heavy atom. The minimum absolute atomic E-state index is 0.501. The fraction of sp³-hybridized carbons (Fsp3) is 0.500. The molecule has 1 aliphatic rings. The van der Waals surface area contributed by atoms with Crippen LogP contribution in [0.5, 0.6) is 0 Å². The molecule has 68 valence electrons. The van der Waals surface area contributed by atoms with Gasteiger partial charge >= 0.3 is 22.3 Å². The maximum Gasteiger partial charge on any atom is 0.398 e. The first-order valence-corrected chi connectivity index (χ1v) is 4.15. The van der Waals surface area contributed by atoms with E-state index >= 15 is 0 Å². The molecule has 0 saturated carbocycles. The Morgan fingerprint density at radius 2 is 2.08 bits per heavy atom. The Morgan fingerprint density at radius 3 is 2.42 bits per heavy atom. The summed E-state index contributed by atoms with van der Waals surface area (Å²) in [7, 11) is -4.72. The molecule has 0 aromatic rings. The molecule has 0 bridgehead atoms. The zero-order valence-corrected chi connectivity index (χ0v) is 6.41.